The number of anilines is 1. The van der Waals surface area contributed by atoms with Crippen LogP contribution in [0.1, 0.15) is 37.6 Å². The van der Waals surface area contributed by atoms with Gasteiger partial charge in [-0.1, -0.05) is 25.1 Å². The third kappa shape index (κ3) is 5.42. The summed E-state index contributed by atoms with van der Waals surface area (Å²) in [5, 5.41) is 5.56. The number of ether oxygens (including phenoxy) is 2. The zero-order valence-electron chi connectivity index (χ0n) is 19.4. The van der Waals surface area contributed by atoms with Crippen molar-refractivity contribution in [2.24, 2.45) is 0 Å². The van der Waals surface area contributed by atoms with Crippen LogP contribution >= 0.6 is 0 Å². The Hall–Kier alpha value is -4.08. The molecule has 4 rings (SSSR count). The van der Waals surface area contributed by atoms with Crippen LogP contribution in [0, 0.1) is 0 Å². The van der Waals surface area contributed by atoms with Crippen LogP contribution < -0.4 is 15.4 Å². The second-order valence-electron chi connectivity index (χ2n) is 8.02. The van der Waals surface area contributed by atoms with Gasteiger partial charge in [-0.25, -0.2) is 8.78 Å². The number of nitrogens with one attached hydrogen (secondary N) is 2. The van der Waals surface area contributed by atoms with Crippen molar-refractivity contribution in [2.45, 2.75) is 39.0 Å². The van der Waals surface area contributed by atoms with E-state index in [-0.39, 0.29) is 34.9 Å². The highest BCUT2D eigenvalue weighted by Gasteiger charge is 2.31. The molecule has 0 saturated heterocycles. The standard InChI is InChI=1S/C26H23F4N3O3/c1-3-26(29,30)17-7-6-8-18(14-17)32-23(34)22-15(2)35-24(33-22)16-10-11-21(36-25(27)28)19(13-16)20-9-4-5-12-31-20/h4-14,24-25,33H,3H2,1-2H3,(H,32,34). The van der Waals surface area contributed by atoms with E-state index in [1.54, 1.807) is 31.2 Å². The zero-order chi connectivity index (χ0) is 25.9. The highest BCUT2D eigenvalue weighted by Crippen LogP contribution is 2.36. The van der Waals surface area contributed by atoms with Crippen molar-refractivity contribution in [3.05, 3.63) is 89.4 Å². The molecule has 0 fully saturated rings. The summed E-state index contributed by atoms with van der Waals surface area (Å²) in [5.41, 5.74) is 1.39. The summed E-state index contributed by atoms with van der Waals surface area (Å²) in [6, 6.07) is 15.0. The second-order valence-corrected chi connectivity index (χ2v) is 8.02. The summed E-state index contributed by atoms with van der Waals surface area (Å²) in [6.07, 6.45) is 0.357. The molecular weight excluding hydrogens is 478 g/mol. The molecule has 3 aromatic rings. The van der Waals surface area contributed by atoms with Gasteiger partial charge in [-0.05, 0) is 49.4 Å². The van der Waals surface area contributed by atoms with Gasteiger partial charge < -0.3 is 20.1 Å². The van der Waals surface area contributed by atoms with Gasteiger partial charge in [0.1, 0.15) is 17.2 Å². The number of allylic oxidation sites excluding steroid dienone is 1. The van der Waals surface area contributed by atoms with E-state index < -0.39 is 24.7 Å². The van der Waals surface area contributed by atoms with Crippen LogP contribution in [0.15, 0.2) is 78.3 Å². The van der Waals surface area contributed by atoms with Crippen LogP contribution in [0.5, 0.6) is 5.75 Å². The maximum absolute atomic E-state index is 14.0. The number of hydrogen-bond acceptors (Lipinski definition) is 5. The van der Waals surface area contributed by atoms with Crippen molar-refractivity contribution in [3.8, 4) is 17.0 Å². The van der Waals surface area contributed by atoms with Crippen LogP contribution in [0.25, 0.3) is 11.3 Å². The van der Waals surface area contributed by atoms with Crippen molar-refractivity contribution >= 4 is 11.6 Å². The lowest BCUT2D eigenvalue weighted by molar-refractivity contribution is -0.113. The predicted octanol–water partition coefficient (Wildman–Crippen LogP) is 6.34. The number of nitrogens with zero attached hydrogens (tertiary/aromatic N) is 1. The smallest absolute Gasteiger partial charge is 0.387 e. The Morgan fingerprint density at radius 2 is 1.97 bits per heavy atom. The molecule has 1 aromatic heterocycles. The molecule has 1 aliphatic rings. The fourth-order valence-electron chi connectivity index (χ4n) is 3.73. The first-order valence-corrected chi connectivity index (χ1v) is 11.1. The summed E-state index contributed by atoms with van der Waals surface area (Å²) >= 11 is 0. The Bertz CT molecular complexity index is 1280. The number of amides is 1. The average Bonchev–Trinajstić information content (AvgIpc) is 3.26. The Morgan fingerprint density at radius 3 is 2.67 bits per heavy atom. The van der Waals surface area contributed by atoms with Crippen LogP contribution in [0.3, 0.4) is 0 Å². The third-order valence-electron chi connectivity index (χ3n) is 5.60. The minimum absolute atomic E-state index is 0.0585. The molecule has 0 saturated carbocycles. The lowest BCUT2D eigenvalue weighted by Crippen LogP contribution is -2.25. The van der Waals surface area contributed by atoms with Crippen molar-refractivity contribution in [1.29, 1.82) is 0 Å². The van der Waals surface area contributed by atoms with E-state index in [1.807, 2.05) is 0 Å². The quantitative estimate of drug-likeness (QED) is 0.353. The van der Waals surface area contributed by atoms with Crippen LogP contribution in [0.4, 0.5) is 23.2 Å². The van der Waals surface area contributed by atoms with Gasteiger partial charge >= 0.3 is 6.61 Å². The first kappa shape index (κ1) is 25.0. The number of alkyl halides is 4. The van der Waals surface area contributed by atoms with E-state index in [9.17, 15) is 22.4 Å². The van der Waals surface area contributed by atoms with Crippen LogP contribution in [0.2, 0.25) is 0 Å². The topological polar surface area (TPSA) is 72.5 Å². The molecule has 0 spiro atoms. The first-order valence-electron chi connectivity index (χ1n) is 11.1. The van der Waals surface area contributed by atoms with Crippen molar-refractivity contribution in [3.63, 3.8) is 0 Å². The number of hydrogen-bond donors (Lipinski definition) is 2. The molecule has 0 aliphatic carbocycles. The summed E-state index contributed by atoms with van der Waals surface area (Å²) in [4.78, 5) is 17.1. The summed E-state index contributed by atoms with van der Waals surface area (Å²) in [5.74, 6) is -3.37. The third-order valence-corrected chi connectivity index (χ3v) is 5.60. The molecule has 0 bridgehead atoms. The maximum atomic E-state index is 14.0. The summed E-state index contributed by atoms with van der Waals surface area (Å²) in [6.45, 7) is -0.0587. The highest BCUT2D eigenvalue weighted by molar-refractivity contribution is 6.03. The second kappa shape index (κ2) is 10.3. The van der Waals surface area contributed by atoms with Gasteiger partial charge in [-0.2, -0.15) is 8.78 Å². The van der Waals surface area contributed by atoms with Crippen molar-refractivity contribution < 1.29 is 31.8 Å². The molecular formula is C26H23F4N3O3. The fourth-order valence-corrected chi connectivity index (χ4v) is 3.73. The summed E-state index contributed by atoms with van der Waals surface area (Å²) < 4.78 is 64.4. The molecule has 2 aromatic carbocycles. The largest absolute Gasteiger partial charge is 0.469 e. The van der Waals surface area contributed by atoms with Crippen LogP contribution in [-0.2, 0) is 15.5 Å². The van der Waals surface area contributed by atoms with E-state index >= 15 is 0 Å². The molecule has 0 radical (unpaired) electrons. The zero-order valence-corrected chi connectivity index (χ0v) is 19.4. The van der Waals surface area contributed by atoms with E-state index in [0.717, 1.165) is 0 Å². The number of halogens is 4. The monoisotopic (exact) mass is 501 g/mol. The first-order chi connectivity index (χ1) is 17.2. The van der Waals surface area contributed by atoms with Gasteiger partial charge in [0.05, 0.1) is 5.69 Å². The Kier molecular flexibility index (Phi) is 7.14. The molecule has 1 unspecified atom stereocenters. The molecule has 2 N–H and O–H groups in total. The van der Waals surface area contributed by atoms with E-state index in [0.29, 0.717) is 16.8 Å². The number of pyridine rings is 1. The van der Waals surface area contributed by atoms with Gasteiger partial charge in [0.2, 0.25) is 0 Å². The van der Waals surface area contributed by atoms with Crippen molar-refractivity contribution in [2.75, 3.05) is 5.32 Å². The predicted molar refractivity (Wildman–Crippen MR) is 125 cm³/mol. The number of carbonyl (C=O) groups is 1. The average molecular weight is 501 g/mol. The normalized spacial score (nSPS) is 15.5. The lowest BCUT2D eigenvalue weighted by Gasteiger charge is -2.17. The Labute approximate surface area is 205 Å². The lowest BCUT2D eigenvalue weighted by atomic mass is 10.0. The van der Waals surface area contributed by atoms with E-state index in [1.165, 1.54) is 49.5 Å². The number of carbonyl (C=O) groups excluding carboxylic acids is 1. The maximum Gasteiger partial charge on any atom is 0.387 e. The SMILES string of the molecule is CCC(F)(F)c1cccc(NC(=O)C2=C(C)OC(c3ccc(OC(F)F)c(-c4ccccn4)c3)N2)c1. The Morgan fingerprint density at radius 1 is 1.17 bits per heavy atom. The number of aromatic nitrogens is 1. The minimum Gasteiger partial charge on any atom is -0.469 e. The van der Waals surface area contributed by atoms with E-state index in [4.69, 9.17) is 4.74 Å². The van der Waals surface area contributed by atoms with Crippen molar-refractivity contribution in [1.82, 2.24) is 10.3 Å². The van der Waals surface area contributed by atoms with Gasteiger partial charge in [0, 0.05) is 35.0 Å². The molecule has 2 heterocycles. The molecule has 188 valence electrons. The molecule has 6 nitrogen and oxygen atoms in total. The molecule has 36 heavy (non-hydrogen) atoms. The van der Waals surface area contributed by atoms with Gasteiger partial charge in [-0.3, -0.25) is 9.78 Å². The molecule has 1 atom stereocenters. The van der Waals surface area contributed by atoms with E-state index in [2.05, 4.69) is 20.4 Å². The molecule has 10 heteroatoms. The summed E-state index contributed by atoms with van der Waals surface area (Å²) in [7, 11) is 0. The number of rotatable bonds is 8. The van der Waals surface area contributed by atoms with Crippen LogP contribution in [-0.4, -0.2) is 17.5 Å². The number of benzene rings is 2. The molecule has 1 amide bonds. The van der Waals surface area contributed by atoms with Gasteiger partial charge in [0.25, 0.3) is 11.8 Å². The fraction of sp³-hybridized carbons (Fsp3) is 0.231. The van der Waals surface area contributed by atoms with Gasteiger partial charge in [-0.15, -0.1) is 0 Å². The van der Waals surface area contributed by atoms with Gasteiger partial charge in [0.15, 0.2) is 6.23 Å². The minimum atomic E-state index is -3.02. The Balaban J connectivity index is 1.54. The molecule has 1 aliphatic heterocycles. The highest BCUT2D eigenvalue weighted by atomic mass is 19.3.